The zero-order valence-electron chi connectivity index (χ0n) is 16.8. The third kappa shape index (κ3) is 6.20. The maximum absolute atomic E-state index is 12.3. The lowest BCUT2D eigenvalue weighted by molar-refractivity contribution is 0.0845. The van der Waals surface area contributed by atoms with Crippen LogP contribution in [0.5, 0.6) is 0 Å². The van der Waals surface area contributed by atoms with E-state index in [4.69, 9.17) is 4.74 Å². The highest BCUT2D eigenvalue weighted by Crippen LogP contribution is 2.17. The van der Waals surface area contributed by atoms with Crippen LogP contribution in [0.1, 0.15) is 55.7 Å². The molecular formula is C20H28N6O3. The molecule has 0 fully saturated rings. The maximum Gasteiger partial charge on any atom is 0.407 e. The number of carbonyl (C=O) groups is 2. The SMILES string of the molecule is CCC[C@@H]1CCc2cc(n[nH]2)Nc2cccc(n2)C(=O)NCC[C@@H](C)NC(=O)O1. The van der Waals surface area contributed by atoms with E-state index >= 15 is 0 Å². The number of nitrogens with zero attached hydrogens (tertiary/aromatic N) is 2. The first-order chi connectivity index (χ1) is 14.0. The Morgan fingerprint density at radius 1 is 1.21 bits per heavy atom. The first-order valence-corrected chi connectivity index (χ1v) is 10.1. The van der Waals surface area contributed by atoms with E-state index in [2.05, 4.69) is 38.1 Å². The zero-order valence-corrected chi connectivity index (χ0v) is 16.8. The Hall–Kier alpha value is -3.10. The Labute approximate surface area is 170 Å². The topological polar surface area (TPSA) is 121 Å². The van der Waals surface area contributed by atoms with Crippen molar-refractivity contribution in [2.75, 3.05) is 11.9 Å². The molecule has 3 rings (SSSR count). The van der Waals surface area contributed by atoms with E-state index in [1.165, 1.54) is 0 Å². The van der Waals surface area contributed by atoms with Crippen molar-refractivity contribution in [3.63, 3.8) is 0 Å². The second-order valence-corrected chi connectivity index (χ2v) is 7.26. The van der Waals surface area contributed by atoms with E-state index in [1.54, 1.807) is 18.2 Å². The molecule has 1 aliphatic rings. The molecule has 0 saturated heterocycles. The van der Waals surface area contributed by atoms with E-state index in [0.717, 1.165) is 18.5 Å². The van der Waals surface area contributed by atoms with Gasteiger partial charge in [0.1, 0.15) is 17.6 Å². The number of aromatic nitrogens is 3. The van der Waals surface area contributed by atoms with Gasteiger partial charge in [-0.15, -0.1) is 0 Å². The molecule has 1 aliphatic heterocycles. The number of amides is 2. The van der Waals surface area contributed by atoms with Gasteiger partial charge >= 0.3 is 6.09 Å². The molecule has 9 nitrogen and oxygen atoms in total. The number of H-pyrrole nitrogens is 1. The summed E-state index contributed by atoms with van der Waals surface area (Å²) in [5, 5.41) is 16.0. The summed E-state index contributed by atoms with van der Waals surface area (Å²) >= 11 is 0. The van der Waals surface area contributed by atoms with E-state index in [1.807, 2.05) is 13.0 Å². The quantitative estimate of drug-likeness (QED) is 0.615. The second-order valence-electron chi connectivity index (χ2n) is 7.26. The van der Waals surface area contributed by atoms with Crippen LogP contribution in [0, 0.1) is 0 Å². The predicted octanol–water partition coefficient (Wildman–Crippen LogP) is 2.90. The van der Waals surface area contributed by atoms with Crippen LogP contribution in [0.3, 0.4) is 0 Å². The number of rotatable bonds is 2. The van der Waals surface area contributed by atoms with Gasteiger partial charge in [0, 0.05) is 24.3 Å². The summed E-state index contributed by atoms with van der Waals surface area (Å²) in [7, 11) is 0. The molecule has 156 valence electrons. The van der Waals surface area contributed by atoms with Gasteiger partial charge in [0.25, 0.3) is 5.91 Å². The van der Waals surface area contributed by atoms with E-state index in [-0.39, 0.29) is 18.1 Å². The van der Waals surface area contributed by atoms with Gasteiger partial charge < -0.3 is 20.7 Å². The Balaban J connectivity index is 1.77. The van der Waals surface area contributed by atoms with Gasteiger partial charge in [0.05, 0.1) is 0 Å². The van der Waals surface area contributed by atoms with Crippen LogP contribution < -0.4 is 16.0 Å². The van der Waals surface area contributed by atoms with E-state index < -0.39 is 6.09 Å². The average molecular weight is 400 g/mol. The summed E-state index contributed by atoms with van der Waals surface area (Å²) in [6.07, 6.45) is 3.14. The highest BCUT2D eigenvalue weighted by atomic mass is 16.6. The number of anilines is 2. The number of fused-ring (bicyclic) bond motifs is 4. The largest absolute Gasteiger partial charge is 0.446 e. The van der Waals surface area contributed by atoms with Crippen LogP contribution in [0.2, 0.25) is 0 Å². The highest BCUT2D eigenvalue weighted by molar-refractivity contribution is 5.92. The maximum atomic E-state index is 12.3. The summed E-state index contributed by atoms with van der Waals surface area (Å²) in [5.74, 6) is 0.894. The van der Waals surface area contributed by atoms with Gasteiger partial charge in [-0.3, -0.25) is 9.89 Å². The van der Waals surface area contributed by atoms with E-state index in [9.17, 15) is 9.59 Å². The lowest BCUT2D eigenvalue weighted by Gasteiger charge is -2.20. The average Bonchev–Trinajstić information content (AvgIpc) is 3.13. The third-order valence-corrected chi connectivity index (χ3v) is 4.72. The molecule has 0 aliphatic carbocycles. The minimum atomic E-state index is -0.426. The van der Waals surface area contributed by atoms with Crippen molar-refractivity contribution in [2.24, 2.45) is 0 Å². The molecule has 0 spiro atoms. The molecule has 0 unspecified atom stereocenters. The molecule has 4 N–H and O–H groups in total. The highest BCUT2D eigenvalue weighted by Gasteiger charge is 2.17. The monoisotopic (exact) mass is 400 g/mol. The number of nitrogens with one attached hydrogen (secondary N) is 4. The number of pyridine rings is 1. The number of aromatic amines is 1. The zero-order chi connectivity index (χ0) is 20.6. The Bertz CT molecular complexity index is 837. The van der Waals surface area contributed by atoms with Crippen LogP contribution in [0.15, 0.2) is 24.3 Å². The van der Waals surface area contributed by atoms with E-state index in [0.29, 0.717) is 43.1 Å². The van der Waals surface area contributed by atoms with Gasteiger partial charge in [-0.05, 0) is 44.7 Å². The number of alkyl carbamates (subject to hydrolysis) is 1. The van der Waals surface area contributed by atoms with Crippen LogP contribution in [-0.2, 0) is 11.2 Å². The third-order valence-electron chi connectivity index (χ3n) is 4.72. The molecule has 2 aromatic rings. The van der Waals surface area contributed by atoms with Crippen LogP contribution in [0.4, 0.5) is 16.4 Å². The molecule has 2 atom stereocenters. The minimum Gasteiger partial charge on any atom is -0.446 e. The number of carbonyl (C=O) groups excluding carboxylic acids is 2. The van der Waals surface area contributed by atoms with Gasteiger partial charge in [0.2, 0.25) is 0 Å². The van der Waals surface area contributed by atoms with Crippen molar-refractivity contribution in [1.29, 1.82) is 0 Å². The Kier molecular flexibility index (Phi) is 7.04. The summed E-state index contributed by atoms with van der Waals surface area (Å²) in [6, 6.07) is 6.97. The first-order valence-electron chi connectivity index (χ1n) is 10.1. The van der Waals surface area contributed by atoms with Crippen molar-refractivity contribution < 1.29 is 14.3 Å². The van der Waals surface area contributed by atoms with Gasteiger partial charge in [0.15, 0.2) is 5.82 Å². The van der Waals surface area contributed by atoms with Crippen LogP contribution >= 0.6 is 0 Å². The first kappa shape index (κ1) is 20.6. The number of hydrogen-bond acceptors (Lipinski definition) is 6. The lowest BCUT2D eigenvalue weighted by atomic mass is 10.1. The van der Waals surface area contributed by atoms with Crippen molar-refractivity contribution >= 4 is 23.6 Å². The summed E-state index contributed by atoms with van der Waals surface area (Å²) in [4.78, 5) is 28.9. The Morgan fingerprint density at radius 3 is 2.90 bits per heavy atom. The number of aryl methyl sites for hydroxylation is 1. The standard InChI is InChI=1S/C20H28N6O3/c1-3-5-15-9-8-14-12-18(26-25-14)24-17-7-4-6-16(23-17)19(27)21-11-10-13(2)22-20(28)29-15/h4,6-7,12-13,15H,3,5,8-11H2,1-2H3,(H,21,27)(H,22,28)(H2,23,24,25,26)/t13-,15-/m1/s1. The molecule has 0 aromatic carbocycles. The Morgan fingerprint density at radius 2 is 2.07 bits per heavy atom. The molecule has 2 amide bonds. The summed E-state index contributed by atoms with van der Waals surface area (Å²) in [5.41, 5.74) is 1.25. The lowest BCUT2D eigenvalue weighted by Crippen LogP contribution is -2.38. The normalized spacial score (nSPS) is 21.0. The molecular weight excluding hydrogens is 372 g/mol. The molecule has 29 heavy (non-hydrogen) atoms. The smallest absolute Gasteiger partial charge is 0.407 e. The minimum absolute atomic E-state index is 0.125. The van der Waals surface area contributed by atoms with Gasteiger partial charge in [-0.2, -0.15) is 5.10 Å². The van der Waals surface area contributed by atoms with Crippen molar-refractivity contribution in [3.05, 3.63) is 35.7 Å². The number of ether oxygens (including phenoxy) is 1. The summed E-state index contributed by atoms with van der Waals surface area (Å²) in [6.45, 7) is 4.37. The molecule has 0 radical (unpaired) electrons. The molecule has 9 heteroatoms. The molecule has 4 bridgehead atoms. The van der Waals surface area contributed by atoms with Crippen molar-refractivity contribution in [3.8, 4) is 0 Å². The number of hydrogen-bond donors (Lipinski definition) is 4. The predicted molar refractivity (Wildman–Crippen MR) is 109 cm³/mol. The van der Waals surface area contributed by atoms with Crippen molar-refractivity contribution in [2.45, 2.75) is 58.1 Å². The molecule has 3 heterocycles. The van der Waals surface area contributed by atoms with Gasteiger partial charge in [-0.25, -0.2) is 9.78 Å². The fourth-order valence-electron chi connectivity index (χ4n) is 3.17. The van der Waals surface area contributed by atoms with Crippen molar-refractivity contribution in [1.82, 2.24) is 25.8 Å². The number of cyclic esters (lactones) is 1. The van der Waals surface area contributed by atoms with Crippen LogP contribution in [0.25, 0.3) is 0 Å². The second kappa shape index (κ2) is 9.90. The molecule has 2 aromatic heterocycles. The fourth-order valence-corrected chi connectivity index (χ4v) is 3.17. The summed E-state index contributed by atoms with van der Waals surface area (Å²) < 4.78 is 5.61. The van der Waals surface area contributed by atoms with Gasteiger partial charge in [-0.1, -0.05) is 19.4 Å². The molecule has 0 saturated carbocycles. The van der Waals surface area contributed by atoms with Crippen LogP contribution in [-0.4, -0.2) is 45.9 Å². The fraction of sp³-hybridized carbons (Fsp3) is 0.500.